The largest absolute Gasteiger partial charge is 0.338 e. The van der Waals surface area contributed by atoms with E-state index in [-0.39, 0.29) is 5.82 Å². The van der Waals surface area contributed by atoms with E-state index in [1.165, 1.54) is 12.1 Å². The number of H-pyrrole nitrogens is 1. The van der Waals surface area contributed by atoms with Gasteiger partial charge in [0, 0.05) is 23.5 Å². The number of hydrogen-bond acceptors (Lipinski definition) is 2. The van der Waals surface area contributed by atoms with Crippen molar-refractivity contribution in [3.05, 3.63) is 66.5 Å². The molecule has 4 heteroatoms. The first-order chi connectivity index (χ1) is 10.3. The Morgan fingerprint density at radius 3 is 2.38 bits per heavy atom. The van der Waals surface area contributed by atoms with Crippen LogP contribution in [0, 0.1) is 5.82 Å². The second-order valence-electron chi connectivity index (χ2n) is 4.59. The Balaban J connectivity index is 2.16. The molecule has 0 bridgehead atoms. The number of nitrogens with one attached hydrogen (secondary N) is 1. The molecule has 2 heterocycles. The van der Waals surface area contributed by atoms with Gasteiger partial charge in [-0.3, -0.25) is 4.98 Å². The summed E-state index contributed by atoms with van der Waals surface area (Å²) in [6, 6.07) is 10.2. The molecule has 104 valence electrons. The van der Waals surface area contributed by atoms with E-state index >= 15 is 0 Å². The van der Waals surface area contributed by atoms with Crippen molar-refractivity contribution < 1.29 is 4.39 Å². The maximum Gasteiger partial charge on any atom is 0.130 e. The Labute approximate surface area is 122 Å². The number of aromatic amines is 1. The van der Waals surface area contributed by atoms with Crippen molar-refractivity contribution >= 4 is 6.08 Å². The summed E-state index contributed by atoms with van der Waals surface area (Å²) in [5.74, 6) is 0.511. The van der Waals surface area contributed by atoms with Crippen LogP contribution in [0.4, 0.5) is 4.39 Å². The molecule has 1 aromatic carbocycles. The zero-order valence-corrected chi connectivity index (χ0v) is 11.5. The molecule has 0 radical (unpaired) electrons. The van der Waals surface area contributed by atoms with E-state index in [1.807, 2.05) is 31.2 Å². The molecule has 0 aliphatic carbocycles. The first-order valence-electron chi connectivity index (χ1n) is 6.67. The van der Waals surface area contributed by atoms with Gasteiger partial charge in [0.2, 0.25) is 0 Å². The fraction of sp³-hybridized carbons (Fsp3) is 0.0588. The zero-order chi connectivity index (χ0) is 14.7. The average molecular weight is 279 g/mol. The number of allylic oxidation sites excluding steroid dienone is 1. The second-order valence-corrected chi connectivity index (χ2v) is 4.59. The predicted octanol–water partition coefficient (Wildman–Crippen LogP) is 4.31. The molecule has 0 amide bonds. The fourth-order valence-corrected chi connectivity index (χ4v) is 2.17. The molecule has 3 rings (SSSR count). The number of imidazole rings is 1. The molecule has 2 aromatic heterocycles. The molecule has 0 saturated heterocycles. The summed E-state index contributed by atoms with van der Waals surface area (Å²) in [5, 5.41) is 0. The van der Waals surface area contributed by atoms with Gasteiger partial charge in [-0.1, -0.05) is 6.08 Å². The van der Waals surface area contributed by atoms with Crippen molar-refractivity contribution in [2.24, 2.45) is 0 Å². The van der Waals surface area contributed by atoms with Gasteiger partial charge in [-0.25, -0.2) is 9.37 Å². The van der Waals surface area contributed by atoms with Crippen LogP contribution in [0.25, 0.3) is 28.6 Å². The molecular formula is C17H14FN3. The predicted molar refractivity (Wildman–Crippen MR) is 81.9 cm³/mol. The van der Waals surface area contributed by atoms with Crippen LogP contribution in [0.3, 0.4) is 0 Å². The Morgan fingerprint density at radius 2 is 1.71 bits per heavy atom. The molecule has 0 saturated carbocycles. The summed E-state index contributed by atoms with van der Waals surface area (Å²) < 4.78 is 13.1. The lowest BCUT2D eigenvalue weighted by atomic mass is 10.1. The highest BCUT2D eigenvalue weighted by molar-refractivity contribution is 5.79. The smallest absolute Gasteiger partial charge is 0.130 e. The lowest BCUT2D eigenvalue weighted by Gasteiger charge is -2.02. The third kappa shape index (κ3) is 2.74. The Bertz CT molecular complexity index is 758. The molecule has 0 aliphatic heterocycles. The molecular weight excluding hydrogens is 265 g/mol. The maximum atomic E-state index is 13.1. The molecule has 0 aliphatic rings. The Morgan fingerprint density at radius 1 is 1.00 bits per heavy atom. The number of benzene rings is 1. The third-order valence-corrected chi connectivity index (χ3v) is 3.13. The second kappa shape index (κ2) is 5.71. The van der Waals surface area contributed by atoms with Crippen LogP contribution in [0.15, 0.2) is 54.9 Å². The van der Waals surface area contributed by atoms with Crippen molar-refractivity contribution in [2.75, 3.05) is 0 Å². The highest BCUT2D eigenvalue weighted by atomic mass is 19.1. The molecule has 0 atom stereocenters. The maximum absolute atomic E-state index is 13.1. The van der Waals surface area contributed by atoms with Crippen molar-refractivity contribution in [2.45, 2.75) is 6.92 Å². The lowest BCUT2D eigenvalue weighted by molar-refractivity contribution is 0.628. The highest BCUT2D eigenvalue weighted by Gasteiger charge is 2.13. The van der Waals surface area contributed by atoms with Crippen LogP contribution >= 0.6 is 0 Å². The average Bonchev–Trinajstić information content (AvgIpc) is 2.93. The van der Waals surface area contributed by atoms with E-state index in [2.05, 4.69) is 15.0 Å². The molecule has 3 nitrogen and oxygen atoms in total. The number of aromatic nitrogens is 3. The molecule has 0 unspecified atom stereocenters. The number of pyridine rings is 1. The first-order valence-corrected chi connectivity index (χ1v) is 6.67. The molecule has 1 N–H and O–H groups in total. The summed E-state index contributed by atoms with van der Waals surface area (Å²) in [6.07, 6.45) is 7.29. The van der Waals surface area contributed by atoms with Crippen LogP contribution in [0.2, 0.25) is 0 Å². The number of halogens is 1. The van der Waals surface area contributed by atoms with Gasteiger partial charge in [-0.15, -0.1) is 0 Å². The minimum Gasteiger partial charge on any atom is -0.338 e. The SMILES string of the molecule is C/C=C/c1nc(-c2ccc(F)cc2)c(-c2ccncc2)[nH]1. The van der Waals surface area contributed by atoms with Crippen LogP contribution in [-0.2, 0) is 0 Å². The van der Waals surface area contributed by atoms with E-state index in [1.54, 1.807) is 24.5 Å². The summed E-state index contributed by atoms with van der Waals surface area (Å²) in [5.41, 5.74) is 3.56. The van der Waals surface area contributed by atoms with Gasteiger partial charge < -0.3 is 4.98 Å². The van der Waals surface area contributed by atoms with Crippen LogP contribution in [0.5, 0.6) is 0 Å². The molecule has 0 spiro atoms. The van der Waals surface area contributed by atoms with Crippen molar-refractivity contribution in [1.82, 2.24) is 15.0 Å². The van der Waals surface area contributed by atoms with Gasteiger partial charge in [-0.05, 0) is 49.4 Å². The van der Waals surface area contributed by atoms with Gasteiger partial charge in [-0.2, -0.15) is 0 Å². The molecule has 0 fully saturated rings. The third-order valence-electron chi connectivity index (χ3n) is 3.13. The summed E-state index contributed by atoms with van der Waals surface area (Å²) in [4.78, 5) is 11.9. The minimum atomic E-state index is -0.256. The van der Waals surface area contributed by atoms with Gasteiger partial charge in [0.1, 0.15) is 11.6 Å². The van der Waals surface area contributed by atoms with Gasteiger partial charge in [0.05, 0.1) is 11.4 Å². The Kier molecular flexibility index (Phi) is 3.60. The number of hydrogen-bond donors (Lipinski definition) is 1. The Hall–Kier alpha value is -2.75. The van der Waals surface area contributed by atoms with Crippen LogP contribution < -0.4 is 0 Å². The number of rotatable bonds is 3. The summed E-state index contributed by atoms with van der Waals surface area (Å²) in [6.45, 7) is 1.94. The van der Waals surface area contributed by atoms with Crippen molar-refractivity contribution in [1.29, 1.82) is 0 Å². The topological polar surface area (TPSA) is 41.6 Å². The normalized spacial score (nSPS) is 11.1. The van der Waals surface area contributed by atoms with Gasteiger partial charge in [0.15, 0.2) is 0 Å². The molecule has 3 aromatic rings. The monoisotopic (exact) mass is 279 g/mol. The summed E-state index contributed by atoms with van der Waals surface area (Å²) >= 11 is 0. The fourth-order valence-electron chi connectivity index (χ4n) is 2.17. The quantitative estimate of drug-likeness (QED) is 0.776. The molecule has 21 heavy (non-hydrogen) atoms. The van der Waals surface area contributed by atoms with Crippen molar-refractivity contribution in [3.63, 3.8) is 0 Å². The van der Waals surface area contributed by atoms with E-state index < -0.39 is 0 Å². The van der Waals surface area contributed by atoms with E-state index in [9.17, 15) is 4.39 Å². The van der Waals surface area contributed by atoms with E-state index in [4.69, 9.17) is 0 Å². The minimum absolute atomic E-state index is 0.256. The summed E-state index contributed by atoms with van der Waals surface area (Å²) in [7, 11) is 0. The van der Waals surface area contributed by atoms with Crippen LogP contribution in [0.1, 0.15) is 12.7 Å². The van der Waals surface area contributed by atoms with E-state index in [0.717, 1.165) is 28.3 Å². The van der Waals surface area contributed by atoms with Crippen LogP contribution in [-0.4, -0.2) is 15.0 Å². The van der Waals surface area contributed by atoms with Gasteiger partial charge >= 0.3 is 0 Å². The first kappa shape index (κ1) is 13.2. The highest BCUT2D eigenvalue weighted by Crippen LogP contribution is 2.30. The van der Waals surface area contributed by atoms with Gasteiger partial charge in [0.25, 0.3) is 0 Å². The van der Waals surface area contributed by atoms with E-state index in [0.29, 0.717) is 0 Å². The van der Waals surface area contributed by atoms with Crippen molar-refractivity contribution in [3.8, 4) is 22.5 Å². The zero-order valence-electron chi connectivity index (χ0n) is 11.5. The lowest BCUT2D eigenvalue weighted by Crippen LogP contribution is -1.84. The standard InChI is InChI=1S/C17H14FN3/c1-2-3-15-20-16(12-4-6-14(18)7-5-12)17(21-15)13-8-10-19-11-9-13/h2-11H,1H3,(H,20,21)/b3-2+. The number of nitrogens with zero attached hydrogens (tertiary/aromatic N) is 2.